The second-order valence-corrected chi connectivity index (χ2v) is 15.2. The highest BCUT2D eigenvalue weighted by Crippen LogP contribution is 2.36. The van der Waals surface area contributed by atoms with Gasteiger partial charge in [-0.15, -0.1) is 11.3 Å². The van der Waals surface area contributed by atoms with Crippen LogP contribution in [0, 0.1) is 18.6 Å². The standard InChI is InChI=1S/C32H37F2N5O5S2/c1-19-18-45-31(36-19)28-6-3-8-38(28)32(42)22-14-21(15-25(16-22)39-9-4-10-46(39,43)44)30(41)37-27(29(40)26-5-2-7-35-26)13-20-11-23(33)17-24(34)12-20/h11-12,14-18,26-29,35,40H,2-10,13H2,1H3,(H,37,41). The third kappa shape index (κ3) is 6.94. The van der Waals surface area contributed by atoms with Crippen LogP contribution in [0.1, 0.15) is 75.1 Å². The highest BCUT2D eigenvalue weighted by molar-refractivity contribution is 7.93. The first-order valence-corrected chi connectivity index (χ1v) is 18.0. The average Bonchev–Trinajstić information content (AvgIpc) is 3.83. The Bertz CT molecular complexity index is 1710. The number of likely N-dealkylation sites (tertiary alicyclic amines) is 1. The van der Waals surface area contributed by atoms with Crippen molar-refractivity contribution in [3.05, 3.63) is 80.8 Å². The van der Waals surface area contributed by atoms with Crippen LogP contribution in [0.5, 0.6) is 0 Å². The SMILES string of the molecule is Cc1csc(C2CCCN2C(=O)c2cc(C(=O)NC(Cc3cc(F)cc(F)c3)C(O)C3CCCN3)cc(N3CCCS3(=O)=O)c2)n1. The van der Waals surface area contributed by atoms with E-state index in [1.807, 2.05) is 12.3 Å². The number of hydrogen-bond donors (Lipinski definition) is 3. The van der Waals surface area contributed by atoms with Crippen molar-refractivity contribution >= 4 is 38.9 Å². The summed E-state index contributed by atoms with van der Waals surface area (Å²) in [5, 5.41) is 20.1. The first-order valence-electron chi connectivity index (χ1n) is 15.5. The smallest absolute Gasteiger partial charge is 0.254 e. The van der Waals surface area contributed by atoms with Gasteiger partial charge in [-0.05, 0) is 87.9 Å². The molecule has 46 heavy (non-hydrogen) atoms. The van der Waals surface area contributed by atoms with Crippen LogP contribution < -0.4 is 14.9 Å². The fourth-order valence-electron chi connectivity index (χ4n) is 6.67. The van der Waals surface area contributed by atoms with Gasteiger partial charge in [-0.2, -0.15) is 0 Å². The highest BCUT2D eigenvalue weighted by Gasteiger charge is 2.36. The van der Waals surface area contributed by atoms with Crippen LogP contribution in [-0.2, 0) is 16.4 Å². The van der Waals surface area contributed by atoms with E-state index in [-0.39, 0.29) is 59.1 Å². The van der Waals surface area contributed by atoms with Gasteiger partial charge < -0.3 is 20.6 Å². The number of hydrogen-bond acceptors (Lipinski definition) is 8. The molecule has 4 unspecified atom stereocenters. The van der Waals surface area contributed by atoms with Crippen LogP contribution in [0.3, 0.4) is 0 Å². The predicted octanol–water partition coefficient (Wildman–Crippen LogP) is 3.70. The summed E-state index contributed by atoms with van der Waals surface area (Å²) in [6.45, 7) is 3.28. The molecular weight excluding hydrogens is 637 g/mol. The first-order chi connectivity index (χ1) is 22.0. The predicted molar refractivity (Wildman–Crippen MR) is 170 cm³/mol. The number of nitrogens with zero attached hydrogens (tertiary/aromatic N) is 3. The van der Waals surface area contributed by atoms with Crippen molar-refractivity contribution in [3.8, 4) is 0 Å². The molecule has 0 radical (unpaired) electrons. The van der Waals surface area contributed by atoms with Crippen molar-refractivity contribution in [1.82, 2.24) is 20.5 Å². The Kier molecular flexibility index (Phi) is 9.42. The first kappa shape index (κ1) is 32.5. The number of aliphatic hydroxyl groups is 1. The fourth-order valence-corrected chi connectivity index (χ4v) is 9.16. The maximum atomic E-state index is 14.1. The lowest BCUT2D eigenvalue weighted by atomic mass is 9.94. The molecule has 0 saturated carbocycles. The van der Waals surface area contributed by atoms with Gasteiger partial charge in [0.05, 0.1) is 29.6 Å². The molecule has 3 aliphatic rings. The molecule has 0 bridgehead atoms. The van der Waals surface area contributed by atoms with Gasteiger partial charge in [-0.3, -0.25) is 13.9 Å². The lowest BCUT2D eigenvalue weighted by molar-refractivity contribution is 0.0733. The Morgan fingerprint density at radius 3 is 2.48 bits per heavy atom. The van der Waals surface area contributed by atoms with Crippen molar-refractivity contribution in [1.29, 1.82) is 0 Å². The third-order valence-corrected chi connectivity index (χ3v) is 11.8. The van der Waals surface area contributed by atoms with Crippen molar-refractivity contribution < 1.29 is 31.9 Å². The van der Waals surface area contributed by atoms with E-state index in [0.29, 0.717) is 25.9 Å². The molecule has 3 aliphatic heterocycles. The molecule has 3 saturated heterocycles. The Labute approximate surface area is 270 Å². The number of benzene rings is 2. The van der Waals surface area contributed by atoms with Gasteiger partial charge in [0.15, 0.2) is 0 Å². The fraction of sp³-hybridized carbons (Fsp3) is 0.469. The summed E-state index contributed by atoms with van der Waals surface area (Å²) in [5.41, 5.74) is 1.52. The average molecular weight is 674 g/mol. The van der Waals surface area contributed by atoms with Gasteiger partial charge >= 0.3 is 0 Å². The molecule has 4 heterocycles. The molecule has 2 amide bonds. The Balaban J connectivity index is 1.34. The minimum Gasteiger partial charge on any atom is -0.389 e. The van der Waals surface area contributed by atoms with Crippen molar-refractivity contribution in [2.75, 3.05) is 29.7 Å². The number of aryl methyl sites for hydroxylation is 1. The zero-order valence-electron chi connectivity index (χ0n) is 25.4. The molecule has 2 aromatic carbocycles. The molecule has 6 rings (SSSR count). The second kappa shape index (κ2) is 13.3. The number of amides is 2. The van der Waals surface area contributed by atoms with Gasteiger partial charge in [0.1, 0.15) is 16.6 Å². The zero-order chi connectivity index (χ0) is 32.6. The number of sulfonamides is 1. The van der Waals surface area contributed by atoms with E-state index in [9.17, 15) is 31.9 Å². The Morgan fingerprint density at radius 1 is 1.07 bits per heavy atom. The van der Waals surface area contributed by atoms with Crippen LogP contribution in [0.4, 0.5) is 14.5 Å². The molecule has 0 spiro atoms. The minimum atomic E-state index is -3.64. The number of carbonyl (C=O) groups excluding carboxylic acids is 2. The summed E-state index contributed by atoms with van der Waals surface area (Å²) in [5.74, 6) is -2.59. The molecule has 3 fully saturated rings. The molecule has 3 aromatic rings. The van der Waals surface area contributed by atoms with Gasteiger partial charge in [0.25, 0.3) is 11.8 Å². The Hall–Kier alpha value is -3.46. The number of halogens is 2. The molecule has 1 aromatic heterocycles. The van der Waals surface area contributed by atoms with E-state index in [1.54, 1.807) is 4.90 Å². The summed E-state index contributed by atoms with van der Waals surface area (Å²) < 4.78 is 55.2. The van der Waals surface area contributed by atoms with Crippen LogP contribution in [-0.4, -0.2) is 78.8 Å². The van der Waals surface area contributed by atoms with E-state index in [1.165, 1.54) is 33.8 Å². The number of carbonyl (C=O) groups is 2. The molecule has 3 N–H and O–H groups in total. The molecule has 14 heteroatoms. The number of thiazole rings is 1. The van der Waals surface area contributed by atoms with Crippen molar-refractivity contribution in [2.24, 2.45) is 0 Å². The Morgan fingerprint density at radius 2 is 1.83 bits per heavy atom. The van der Waals surface area contributed by atoms with E-state index in [0.717, 1.165) is 48.2 Å². The van der Waals surface area contributed by atoms with E-state index >= 15 is 0 Å². The maximum absolute atomic E-state index is 14.1. The molecule has 246 valence electrons. The lowest BCUT2D eigenvalue weighted by Gasteiger charge is -2.29. The zero-order valence-corrected chi connectivity index (χ0v) is 27.0. The van der Waals surface area contributed by atoms with Crippen LogP contribution in [0.2, 0.25) is 0 Å². The van der Waals surface area contributed by atoms with Gasteiger partial charge in [-0.25, -0.2) is 22.2 Å². The number of rotatable bonds is 9. The minimum absolute atomic E-state index is 0.0331. The number of aliphatic hydroxyl groups excluding tert-OH is 1. The highest BCUT2D eigenvalue weighted by atomic mass is 32.2. The van der Waals surface area contributed by atoms with Crippen molar-refractivity contribution in [2.45, 2.75) is 69.7 Å². The molecular formula is C32H37F2N5O5S2. The van der Waals surface area contributed by atoms with Crippen LogP contribution in [0.25, 0.3) is 0 Å². The molecule has 0 aliphatic carbocycles. The molecule has 4 atom stereocenters. The lowest BCUT2D eigenvalue weighted by Crippen LogP contribution is -2.52. The summed E-state index contributed by atoms with van der Waals surface area (Å²) in [7, 11) is -3.64. The summed E-state index contributed by atoms with van der Waals surface area (Å²) in [6, 6.07) is 5.92. The number of aromatic nitrogens is 1. The van der Waals surface area contributed by atoms with Crippen LogP contribution >= 0.6 is 11.3 Å². The van der Waals surface area contributed by atoms with E-state index < -0.39 is 39.7 Å². The second-order valence-electron chi connectivity index (χ2n) is 12.2. The summed E-state index contributed by atoms with van der Waals surface area (Å²) in [6.07, 6.45) is 2.25. The molecule has 10 nitrogen and oxygen atoms in total. The monoisotopic (exact) mass is 673 g/mol. The quantitative estimate of drug-likeness (QED) is 0.316. The van der Waals surface area contributed by atoms with E-state index in [4.69, 9.17) is 0 Å². The van der Waals surface area contributed by atoms with Crippen molar-refractivity contribution in [3.63, 3.8) is 0 Å². The third-order valence-electron chi connectivity index (χ3n) is 8.87. The van der Waals surface area contributed by atoms with Gasteiger partial charge in [0, 0.05) is 47.4 Å². The van der Waals surface area contributed by atoms with Crippen LogP contribution in [0.15, 0.2) is 41.8 Å². The summed E-state index contributed by atoms with van der Waals surface area (Å²) in [4.78, 5) is 34.3. The van der Waals surface area contributed by atoms with E-state index in [2.05, 4.69) is 15.6 Å². The maximum Gasteiger partial charge on any atom is 0.254 e. The summed E-state index contributed by atoms with van der Waals surface area (Å²) >= 11 is 1.48. The number of anilines is 1. The largest absolute Gasteiger partial charge is 0.389 e. The van der Waals surface area contributed by atoms with Gasteiger partial charge in [0.2, 0.25) is 10.0 Å². The van der Waals surface area contributed by atoms with Gasteiger partial charge in [-0.1, -0.05) is 0 Å². The number of nitrogens with one attached hydrogen (secondary N) is 2. The normalized spacial score (nSPS) is 22.3. The topological polar surface area (TPSA) is 132 Å².